The number of carboxylic acids is 1. The molecule has 0 saturated heterocycles. The number of hydrogen-bond acceptors (Lipinski definition) is 3. The Morgan fingerprint density at radius 3 is 2.78 bits per heavy atom. The SMILES string of the molecule is CCOC(=O)CC#Cc1cc(Br)ccc1C(=O)O. The summed E-state index contributed by atoms with van der Waals surface area (Å²) in [5.41, 5.74) is 0.468. The molecule has 0 aliphatic carbocycles. The first-order chi connectivity index (χ1) is 8.54. The van der Waals surface area contributed by atoms with E-state index in [1.165, 1.54) is 6.07 Å². The molecule has 1 aromatic rings. The zero-order valence-electron chi connectivity index (χ0n) is 9.70. The van der Waals surface area contributed by atoms with Crippen LogP contribution in [0.2, 0.25) is 0 Å². The number of carboxylic acid groups (broad SMARTS) is 1. The van der Waals surface area contributed by atoms with Gasteiger partial charge in [0.2, 0.25) is 0 Å². The van der Waals surface area contributed by atoms with Crippen LogP contribution in [-0.4, -0.2) is 23.7 Å². The molecule has 0 saturated carbocycles. The summed E-state index contributed by atoms with van der Waals surface area (Å²) in [6, 6.07) is 4.68. The third kappa shape index (κ3) is 4.22. The van der Waals surface area contributed by atoms with Crippen LogP contribution in [0.15, 0.2) is 22.7 Å². The summed E-state index contributed by atoms with van der Waals surface area (Å²) in [7, 11) is 0. The van der Waals surface area contributed by atoms with Gasteiger partial charge in [-0.15, -0.1) is 0 Å². The van der Waals surface area contributed by atoms with Crippen molar-refractivity contribution >= 4 is 27.9 Å². The molecule has 4 nitrogen and oxygen atoms in total. The molecule has 94 valence electrons. The number of carbonyl (C=O) groups excluding carboxylic acids is 1. The lowest BCUT2D eigenvalue weighted by molar-refractivity contribution is -0.141. The molecule has 5 heteroatoms. The molecule has 0 heterocycles. The maximum Gasteiger partial charge on any atom is 0.336 e. The van der Waals surface area contributed by atoms with Gasteiger partial charge in [-0.2, -0.15) is 0 Å². The zero-order chi connectivity index (χ0) is 13.5. The average Bonchev–Trinajstić information content (AvgIpc) is 2.29. The van der Waals surface area contributed by atoms with Crippen molar-refractivity contribution in [3.63, 3.8) is 0 Å². The van der Waals surface area contributed by atoms with Gasteiger partial charge in [0.15, 0.2) is 0 Å². The van der Waals surface area contributed by atoms with Gasteiger partial charge in [-0.05, 0) is 25.1 Å². The molecule has 0 radical (unpaired) electrons. The maximum atomic E-state index is 11.1. The van der Waals surface area contributed by atoms with Crippen LogP contribution in [0.1, 0.15) is 29.3 Å². The number of rotatable bonds is 3. The van der Waals surface area contributed by atoms with E-state index in [2.05, 4.69) is 27.8 Å². The van der Waals surface area contributed by atoms with Crippen molar-refractivity contribution in [3.05, 3.63) is 33.8 Å². The van der Waals surface area contributed by atoms with E-state index in [4.69, 9.17) is 9.84 Å². The summed E-state index contributed by atoms with van der Waals surface area (Å²) in [4.78, 5) is 22.0. The fourth-order valence-corrected chi connectivity index (χ4v) is 1.59. The number of carbonyl (C=O) groups is 2. The van der Waals surface area contributed by atoms with Crippen molar-refractivity contribution in [3.8, 4) is 11.8 Å². The van der Waals surface area contributed by atoms with Crippen LogP contribution in [0.4, 0.5) is 0 Å². The quantitative estimate of drug-likeness (QED) is 0.688. The van der Waals surface area contributed by atoms with Crippen molar-refractivity contribution in [2.45, 2.75) is 13.3 Å². The van der Waals surface area contributed by atoms with Gasteiger partial charge in [-0.3, -0.25) is 4.79 Å². The predicted molar refractivity (Wildman–Crippen MR) is 69.2 cm³/mol. The number of hydrogen-bond donors (Lipinski definition) is 1. The van der Waals surface area contributed by atoms with Gasteiger partial charge < -0.3 is 9.84 Å². The lowest BCUT2D eigenvalue weighted by Gasteiger charge is -1.99. The highest BCUT2D eigenvalue weighted by atomic mass is 79.9. The molecule has 0 aromatic heterocycles. The lowest BCUT2D eigenvalue weighted by Crippen LogP contribution is -2.02. The van der Waals surface area contributed by atoms with Crippen molar-refractivity contribution in [1.29, 1.82) is 0 Å². The van der Waals surface area contributed by atoms with Gasteiger partial charge in [-0.25, -0.2) is 4.79 Å². The highest BCUT2D eigenvalue weighted by molar-refractivity contribution is 9.10. The molecule has 0 spiro atoms. The molecule has 0 bridgehead atoms. The first-order valence-corrected chi connectivity index (χ1v) is 6.01. The number of aromatic carboxylic acids is 1. The van der Waals surface area contributed by atoms with Gasteiger partial charge in [0.05, 0.1) is 12.2 Å². The third-order valence-electron chi connectivity index (χ3n) is 1.97. The minimum Gasteiger partial charge on any atom is -0.478 e. The second kappa shape index (κ2) is 6.82. The fourth-order valence-electron chi connectivity index (χ4n) is 1.23. The largest absolute Gasteiger partial charge is 0.478 e. The van der Waals surface area contributed by atoms with Crippen LogP contribution in [0, 0.1) is 11.8 Å². The van der Waals surface area contributed by atoms with E-state index in [0.29, 0.717) is 12.2 Å². The van der Waals surface area contributed by atoms with Crippen molar-refractivity contribution < 1.29 is 19.4 Å². The van der Waals surface area contributed by atoms with Gasteiger partial charge in [0.1, 0.15) is 6.42 Å². The highest BCUT2D eigenvalue weighted by Crippen LogP contribution is 2.16. The van der Waals surface area contributed by atoms with Crippen LogP contribution in [0.3, 0.4) is 0 Å². The molecular formula is C13H11BrO4. The Bertz CT molecular complexity index is 526. The molecule has 0 aliphatic heterocycles. The first-order valence-electron chi connectivity index (χ1n) is 5.22. The van der Waals surface area contributed by atoms with E-state index >= 15 is 0 Å². The van der Waals surface area contributed by atoms with E-state index in [0.717, 1.165) is 4.47 Å². The maximum absolute atomic E-state index is 11.1. The van der Waals surface area contributed by atoms with E-state index in [1.807, 2.05) is 0 Å². The van der Waals surface area contributed by atoms with Crippen LogP contribution in [-0.2, 0) is 9.53 Å². The summed E-state index contributed by atoms with van der Waals surface area (Å²) in [6.45, 7) is 2.01. The van der Waals surface area contributed by atoms with E-state index < -0.39 is 11.9 Å². The monoisotopic (exact) mass is 310 g/mol. The predicted octanol–water partition coefficient (Wildman–Crippen LogP) is 2.45. The van der Waals surface area contributed by atoms with Crippen LogP contribution >= 0.6 is 15.9 Å². The summed E-state index contributed by atoms with van der Waals surface area (Å²) in [5.74, 6) is 3.79. The molecule has 0 atom stereocenters. The minimum absolute atomic E-state index is 0.0561. The number of ether oxygens (including phenoxy) is 1. The standard InChI is InChI=1S/C13H11BrO4/c1-2-18-12(15)5-3-4-9-8-10(14)6-7-11(9)13(16)17/h6-8H,2,5H2,1H3,(H,16,17). The van der Waals surface area contributed by atoms with E-state index in [-0.39, 0.29) is 12.0 Å². The fraction of sp³-hybridized carbons (Fsp3) is 0.231. The topological polar surface area (TPSA) is 63.6 Å². The minimum atomic E-state index is -1.05. The molecule has 0 unspecified atom stereocenters. The Balaban J connectivity index is 2.90. The lowest BCUT2D eigenvalue weighted by atomic mass is 10.1. The van der Waals surface area contributed by atoms with Crippen molar-refractivity contribution in [1.82, 2.24) is 0 Å². The Hall–Kier alpha value is -1.80. The Kier molecular flexibility index (Phi) is 5.40. The smallest absolute Gasteiger partial charge is 0.336 e. The summed E-state index contributed by atoms with van der Waals surface area (Å²) in [6.07, 6.45) is -0.0561. The molecule has 1 rings (SSSR count). The molecule has 0 fully saturated rings. The molecule has 0 amide bonds. The van der Waals surface area contributed by atoms with Crippen molar-refractivity contribution in [2.75, 3.05) is 6.61 Å². The van der Waals surface area contributed by atoms with Gasteiger partial charge >= 0.3 is 11.9 Å². The van der Waals surface area contributed by atoms with E-state index in [1.54, 1.807) is 19.1 Å². The molecule has 0 aliphatic rings. The normalized spacial score (nSPS) is 9.22. The summed E-state index contributed by atoms with van der Waals surface area (Å²) in [5, 5.41) is 8.97. The Labute approximate surface area is 113 Å². The summed E-state index contributed by atoms with van der Waals surface area (Å²) >= 11 is 3.24. The van der Waals surface area contributed by atoms with Crippen LogP contribution in [0.25, 0.3) is 0 Å². The first kappa shape index (κ1) is 14.3. The van der Waals surface area contributed by atoms with Gasteiger partial charge in [0, 0.05) is 10.0 Å². The number of benzene rings is 1. The average molecular weight is 311 g/mol. The highest BCUT2D eigenvalue weighted by Gasteiger charge is 2.08. The summed E-state index contributed by atoms with van der Waals surface area (Å²) < 4.78 is 5.44. The van der Waals surface area contributed by atoms with Gasteiger partial charge in [0.25, 0.3) is 0 Å². The number of halogens is 1. The molecule has 1 aromatic carbocycles. The zero-order valence-corrected chi connectivity index (χ0v) is 11.3. The van der Waals surface area contributed by atoms with Crippen molar-refractivity contribution in [2.24, 2.45) is 0 Å². The Morgan fingerprint density at radius 2 is 2.17 bits per heavy atom. The third-order valence-corrected chi connectivity index (χ3v) is 2.47. The second-order valence-corrected chi connectivity index (χ2v) is 4.19. The van der Waals surface area contributed by atoms with Gasteiger partial charge in [-0.1, -0.05) is 27.8 Å². The Morgan fingerprint density at radius 1 is 1.44 bits per heavy atom. The second-order valence-electron chi connectivity index (χ2n) is 3.28. The van der Waals surface area contributed by atoms with Crippen LogP contribution in [0.5, 0.6) is 0 Å². The molecule has 1 N–H and O–H groups in total. The molecular weight excluding hydrogens is 300 g/mol. The van der Waals surface area contributed by atoms with E-state index in [9.17, 15) is 9.59 Å². The number of esters is 1. The van der Waals surface area contributed by atoms with Crippen LogP contribution < -0.4 is 0 Å². The molecule has 18 heavy (non-hydrogen) atoms.